The van der Waals surface area contributed by atoms with Crippen LogP contribution in [0.3, 0.4) is 0 Å². The van der Waals surface area contributed by atoms with Crippen molar-refractivity contribution in [1.82, 2.24) is 19.9 Å². The first kappa shape index (κ1) is 30.5. The summed E-state index contributed by atoms with van der Waals surface area (Å²) in [5.74, 6) is 0. The first-order valence-electron chi connectivity index (χ1n) is 16.4. The average molecular weight is 773 g/mol. The number of rotatable bonds is 4. The van der Waals surface area contributed by atoms with Gasteiger partial charge in [0.25, 0.3) is 0 Å². The minimum Gasteiger partial charge on any atom is -0.354 e. The van der Waals surface area contributed by atoms with Gasteiger partial charge < -0.3 is 9.97 Å². The highest BCUT2D eigenvalue weighted by atomic mass is 79.9. The summed E-state index contributed by atoms with van der Waals surface area (Å²) in [6.07, 6.45) is 4.27. The van der Waals surface area contributed by atoms with Gasteiger partial charge in [-0.15, -0.1) is 0 Å². The third-order valence-corrected chi connectivity index (χ3v) is 10.3. The van der Waals surface area contributed by atoms with Crippen molar-refractivity contribution in [3.63, 3.8) is 0 Å². The van der Waals surface area contributed by atoms with Gasteiger partial charge >= 0.3 is 0 Å². The lowest BCUT2D eigenvalue weighted by molar-refractivity contribution is 1.31. The first-order chi connectivity index (χ1) is 24.6. The number of hydrogen-bond donors (Lipinski definition) is 2. The Balaban J connectivity index is 1.52. The fraction of sp³-hybridized carbons (Fsp3) is 0. The van der Waals surface area contributed by atoms with Gasteiger partial charge in [-0.1, -0.05) is 121 Å². The fourth-order valence-corrected chi connectivity index (χ4v) is 7.92. The predicted molar refractivity (Wildman–Crippen MR) is 216 cm³/mol. The van der Waals surface area contributed by atoms with Crippen LogP contribution in [0.2, 0.25) is 0 Å². The van der Waals surface area contributed by atoms with Crippen LogP contribution < -0.4 is 0 Å². The fourth-order valence-electron chi connectivity index (χ4n) is 6.91. The van der Waals surface area contributed by atoms with Crippen molar-refractivity contribution < 1.29 is 0 Å². The summed E-state index contributed by atoms with van der Waals surface area (Å²) in [5.41, 5.74) is 15.6. The lowest BCUT2D eigenvalue weighted by Gasteiger charge is -2.07. The van der Waals surface area contributed by atoms with Crippen molar-refractivity contribution in [3.05, 3.63) is 168 Å². The number of aromatic amines is 2. The van der Waals surface area contributed by atoms with Gasteiger partial charge in [0.1, 0.15) is 0 Å². The van der Waals surface area contributed by atoms with E-state index in [-0.39, 0.29) is 0 Å². The number of aromatic nitrogens is 4. The molecule has 8 bridgehead atoms. The lowest BCUT2D eigenvalue weighted by Crippen LogP contribution is -1.90. The van der Waals surface area contributed by atoms with Crippen LogP contribution in [0.1, 0.15) is 22.8 Å². The average Bonchev–Trinajstić information content (AvgIpc) is 3.97. The maximum atomic E-state index is 5.41. The molecule has 0 spiro atoms. The van der Waals surface area contributed by atoms with Gasteiger partial charge in [-0.2, -0.15) is 0 Å². The predicted octanol–water partition coefficient (Wildman–Crippen LogP) is 12.8. The zero-order valence-electron chi connectivity index (χ0n) is 26.7. The van der Waals surface area contributed by atoms with Crippen molar-refractivity contribution in [2.45, 2.75) is 0 Å². The molecule has 0 saturated heterocycles. The molecule has 5 heterocycles. The molecule has 0 unspecified atom stereocenters. The zero-order chi connectivity index (χ0) is 33.6. The van der Waals surface area contributed by atoms with Gasteiger partial charge in [0.05, 0.1) is 22.8 Å². The van der Waals surface area contributed by atoms with Gasteiger partial charge in [-0.05, 0) is 90.5 Å². The van der Waals surface area contributed by atoms with E-state index in [1.54, 1.807) is 0 Å². The van der Waals surface area contributed by atoms with Crippen molar-refractivity contribution in [2.24, 2.45) is 0 Å². The van der Waals surface area contributed by atoms with E-state index in [0.717, 1.165) is 98.3 Å². The Kier molecular flexibility index (Phi) is 7.76. The van der Waals surface area contributed by atoms with E-state index >= 15 is 0 Å². The van der Waals surface area contributed by atoms with E-state index in [1.165, 1.54) is 0 Å². The standard InChI is InChI=1S/C44H28Br2N4/c45-31-25-37-39(27-13-5-1-6-14-27)33-21-22-34(47-33)40(28-15-7-2-8-16-28)38-26-32(46)44(50-38)42(30-19-11-4-12-20-30)36-24-23-35(48-36)41(43(31)49-37)29-17-9-3-10-18-29/h1-26,47-48H. The molecule has 0 radical (unpaired) electrons. The smallest absolute Gasteiger partial charge is 0.0879 e. The molecule has 0 atom stereocenters. The second kappa shape index (κ2) is 12.7. The summed E-state index contributed by atoms with van der Waals surface area (Å²) in [7, 11) is 0. The molecule has 0 fully saturated rings. The molecule has 2 aliphatic heterocycles. The van der Waals surface area contributed by atoms with E-state index in [4.69, 9.17) is 9.97 Å². The normalized spacial score (nSPS) is 12.4. The molecular formula is C44H28Br2N4. The van der Waals surface area contributed by atoms with Crippen LogP contribution >= 0.6 is 31.9 Å². The summed E-state index contributed by atoms with van der Waals surface area (Å²) >= 11 is 7.90. The molecule has 2 N–H and O–H groups in total. The highest BCUT2D eigenvalue weighted by molar-refractivity contribution is 9.15. The number of nitrogens with zero attached hydrogens (tertiary/aromatic N) is 2. The summed E-state index contributed by atoms with van der Waals surface area (Å²) in [4.78, 5) is 18.4. The first-order valence-corrected chi connectivity index (χ1v) is 18.0. The molecule has 2 aliphatic rings. The van der Waals surface area contributed by atoms with Crippen LogP contribution in [-0.2, 0) is 0 Å². The summed E-state index contributed by atoms with van der Waals surface area (Å²) in [6, 6.07) is 50.4. The van der Waals surface area contributed by atoms with E-state index in [0.29, 0.717) is 0 Å². The second-order valence-electron chi connectivity index (χ2n) is 12.2. The highest BCUT2D eigenvalue weighted by Crippen LogP contribution is 2.43. The van der Waals surface area contributed by atoms with Gasteiger partial charge in [0.15, 0.2) is 0 Å². The number of nitrogens with one attached hydrogen (secondary N) is 2. The van der Waals surface area contributed by atoms with Crippen LogP contribution in [0.5, 0.6) is 0 Å². The molecule has 7 aromatic rings. The van der Waals surface area contributed by atoms with Gasteiger partial charge in [-0.3, -0.25) is 0 Å². The van der Waals surface area contributed by atoms with Crippen LogP contribution in [-0.4, -0.2) is 19.9 Å². The van der Waals surface area contributed by atoms with Crippen molar-refractivity contribution in [2.75, 3.05) is 0 Å². The molecule has 50 heavy (non-hydrogen) atoms. The van der Waals surface area contributed by atoms with E-state index in [1.807, 2.05) is 24.3 Å². The van der Waals surface area contributed by atoms with Crippen LogP contribution in [0.25, 0.3) is 87.7 Å². The number of benzene rings is 4. The molecule has 238 valence electrons. The molecule has 4 nitrogen and oxygen atoms in total. The Hall–Kier alpha value is -5.56. The van der Waals surface area contributed by atoms with E-state index in [9.17, 15) is 0 Å². The quantitative estimate of drug-likeness (QED) is 0.187. The van der Waals surface area contributed by atoms with Crippen molar-refractivity contribution >= 4 is 75.0 Å². The SMILES string of the molecule is BrC1=Cc2nc1c(-c1ccccc1)c1ccc([nH]1)c(-c1ccccc1)c1nc(c(-c3ccccc3)c3ccc([nH]3)c2-c2ccccc2)C=C1Br. The van der Waals surface area contributed by atoms with Crippen molar-refractivity contribution in [1.29, 1.82) is 0 Å². The maximum Gasteiger partial charge on any atom is 0.0879 e. The Labute approximate surface area is 306 Å². The molecule has 0 aliphatic carbocycles. The third kappa shape index (κ3) is 5.38. The summed E-state index contributed by atoms with van der Waals surface area (Å²) in [5, 5.41) is 0. The zero-order valence-corrected chi connectivity index (χ0v) is 29.8. The topological polar surface area (TPSA) is 57.4 Å². The van der Waals surface area contributed by atoms with Gasteiger partial charge in [0.2, 0.25) is 0 Å². The number of hydrogen-bond acceptors (Lipinski definition) is 2. The monoisotopic (exact) mass is 770 g/mol. The minimum atomic E-state index is 0.861. The second-order valence-corrected chi connectivity index (χ2v) is 13.9. The molecule has 0 saturated carbocycles. The molecular weight excluding hydrogens is 744 g/mol. The minimum absolute atomic E-state index is 0.861. The summed E-state index contributed by atoms with van der Waals surface area (Å²) < 4.78 is 1.83. The van der Waals surface area contributed by atoms with E-state index < -0.39 is 0 Å². The van der Waals surface area contributed by atoms with Crippen LogP contribution in [0.4, 0.5) is 0 Å². The lowest BCUT2D eigenvalue weighted by atomic mass is 10.0. The molecule has 0 amide bonds. The van der Waals surface area contributed by atoms with Crippen LogP contribution in [0, 0.1) is 0 Å². The highest BCUT2D eigenvalue weighted by Gasteiger charge is 2.22. The number of H-pyrrole nitrogens is 2. The number of fused-ring (bicyclic) bond motifs is 8. The van der Waals surface area contributed by atoms with Gasteiger partial charge in [0, 0.05) is 53.3 Å². The summed E-state index contributed by atoms with van der Waals surface area (Å²) in [6.45, 7) is 0. The Morgan fingerprint density at radius 1 is 0.340 bits per heavy atom. The molecule has 6 heteroatoms. The molecule has 4 aromatic carbocycles. The third-order valence-electron chi connectivity index (χ3n) is 9.13. The maximum absolute atomic E-state index is 5.41. The molecule has 3 aromatic heterocycles. The van der Waals surface area contributed by atoms with Crippen molar-refractivity contribution in [3.8, 4) is 44.5 Å². The van der Waals surface area contributed by atoms with E-state index in [2.05, 4.69) is 175 Å². The van der Waals surface area contributed by atoms with Gasteiger partial charge in [-0.25, -0.2) is 9.97 Å². The largest absolute Gasteiger partial charge is 0.354 e. The van der Waals surface area contributed by atoms with Crippen LogP contribution in [0.15, 0.2) is 146 Å². The Morgan fingerprint density at radius 3 is 0.940 bits per heavy atom. The molecule has 9 rings (SSSR count). The Morgan fingerprint density at radius 2 is 0.620 bits per heavy atom. The number of halogens is 2. The Bertz CT molecular complexity index is 2460.